The smallest absolute Gasteiger partial charge is 0.262 e. The van der Waals surface area contributed by atoms with Crippen LogP contribution in [0, 0.1) is 0 Å². The quantitative estimate of drug-likeness (QED) is 0.758. The zero-order valence-electron chi connectivity index (χ0n) is 14.8. The summed E-state index contributed by atoms with van der Waals surface area (Å²) in [6.07, 6.45) is 2.22. The highest BCUT2D eigenvalue weighted by atomic mass is 35.5. The van der Waals surface area contributed by atoms with Crippen molar-refractivity contribution in [2.75, 3.05) is 19.6 Å². The lowest BCUT2D eigenvalue weighted by Gasteiger charge is -2.26. The van der Waals surface area contributed by atoms with Gasteiger partial charge in [0.25, 0.3) is 5.92 Å². The molecule has 0 spiro atoms. The van der Waals surface area contributed by atoms with Crippen LogP contribution in [-0.2, 0) is 21.4 Å². The Morgan fingerprint density at radius 3 is 2.59 bits per heavy atom. The van der Waals surface area contributed by atoms with Crippen LogP contribution in [0.1, 0.15) is 31.2 Å². The lowest BCUT2D eigenvalue weighted by molar-refractivity contribution is -0.123. The number of nitrogens with one attached hydrogen (secondary N) is 2. The molecule has 2 saturated heterocycles. The van der Waals surface area contributed by atoms with Gasteiger partial charge in [-0.3, -0.25) is 10.1 Å². The Bertz CT molecular complexity index is 770. The molecule has 0 saturated carbocycles. The molecule has 6 nitrogen and oxygen atoms in total. The van der Waals surface area contributed by atoms with Gasteiger partial charge in [0.2, 0.25) is 15.9 Å². The van der Waals surface area contributed by atoms with Gasteiger partial charge >= 0.3 is 0 Å². The van der Waals surface area contributed by atoms with E-state index in [1.54, 1.807) is 12.1 Å². The Kier molecular flexibility index (Phi) is 7.18. The van der Waals surface area contributed by atoms with Crippen molar-refractivity contribution in [3.05, 3.63) is 29.8 Å². The number of sulfonamides is 1. The van der Waals surface area contributed by atoms with Crippen LogP contribution in [0.5, 0.6) is 0 Å². The normalized spacial score (nSPS) is 22.8. The van der Waals surface area contributed by atoms with Crippen LogP contribution in [0.3, 0.4) is 0 Å². The van der Waals surface area contributed by atoms with E-state index in [-0.39, 0.29) is 23.8 Å². The van der Waals surface area contributed by atoms with E-state index in [0.29, 0.717) is 18.7 Å². The Labute approximate surface area is 164 Å². The number of benzene rings is 1. The van der Waals surface area contributed by atoms with Crippen molar-refractivity contribution in [3.63, 3.8) is 0 Å². The van der Waals surface area contributed by atoms with Crippen molar-refractivity contribution < 1.29 is 22.0 Å². The molecule has 152 valence electrons. The average Bonchev–Trinajstić information content (AvgIpc) is 3.00. The first-order chi connectivity index (χ1) is 12.3. The standard InChI is InChI=1S/C17H23F2N3O3S.ClH/c18-17(19)10-15(21-12-17)16(23)20-11-13-5-4-6-14(9-13)26(24,25)22-7-2-1-3-8-22;/h4-6,9,15,21H,1-3,7-8,10-12H2,(H,20,23);1H. The summed E-state index contributed by atoms with van der Waals surface area (Å²) in [7, 11) is -3.55. The Morgan fingerprint density at radius 2 is 1.96 bits per heavy atom. The first kappa shape index (κ1) is 22.0. The van der Waals surface area contributed by atoms with Gasteiger partial charge in [-0.1, -0.05) is 18.6 Å². The van der Waals surface area contributed by atoms with E-state index in [1.807, 2.05) is 0 Å². The SMILES string of the molecule is Cl.O=C(NCc1cccc(S(=O)(=O)N2CCCCC2)c1)C1CC(F)(F)CN1. The molecule has 1 atom stereocenters. The summed E-state index contributed by atoms with van der Waals surface area (Å²) in [5, 5.41) is 5.09. The van der Waals surface area contributed by atoms with E-state index in [9.17, 15) is 22.0 Å². The summed E-state index contributed by atoms with van der Waals surface area (Å²) >= 11 is 0. The minimum atomic E-state index is -3.55. The van der Waals surface area contributed by atoms with E-state index >= 15 is 0 Å². The number of alkyl halides is 2. The molecule has 1 aromatic rings. The third-order valence-electron chi connectivity index (χ3n) is 4.74. The third-order valence-corrected chi connectivity index (χ3v) is 6.64. The fourth-order valence-corrected chi connectivity index (χ4v) is 4.87. The number of carbonyl (C=O) groups is 1. The number of nitrogens with zero attached hydrogens (tertiary/aromatic N) is 1. The molecule has 0 bridgehead atoms. The van der Waals surface area contributed by atoms with Crippen LogP contribution >= 0.6 is 12.4 Å². The predicted molar refractivity (Wildman–Crippen MR) is 99.5 cm³/mol. The predicted octanol–water partition coefficient (Wildman–Crippen LogP) is 1.90. The summed E-state index contributed by atoms with van der Waals surface area (Å²) in [5.41, 5.74) is 0.612. The number of hydrogen-bond donors (Lipinski definition) is 2. The lowest BCUT2D eigenvalue weighted by Crippen LogP contribution is -2.40. The molecule has 2 aliphatic heterocycles. The van der Waals surface area contributed by atoms with Gasteiger partial charge < -0.3 is 5.32 Å². The van der Waals surface area contributed by atoms with E-state index in [2.05, 4.69) is 10.6 Å². The van der Waals surface area contributed by atoms with Gasteiger partial charge in [-0.15, -0.1) is 12.4 Å². The second kappa shape index (κ2) is 8.81. The molecular formula is C17H24ClF2N3O3S. The van der Waals surface area contributed by atoms with Crippen molar-refractivity contribution >= 4 is 28.3 Å². The molecule has 27 heavy (non-hydrogen) atoms. The summed E-state index contributed by atoms with van der Waals surface area (Å²) in [6.45, 7) is 0.621. The molecule has 0 radical (unpaired) electrons. The monoisotopic (exact) mass is 423 g/mol. The minimum absolute atomic E-state index is 0. The average molecular weight is 424 g/mol. The molecule has 10 heteroatoms. The number of hydrogen-bond acceptors (Lipinski definition) is 4. The van der Waals surface area contributed by atoms with Crippen LogP contribution in [0.15, 0.2) is 29.2 Å². The van der Waals surface area contributed by atoms with Crippen molar-refractivity contribution in [2.24, 2.45) is 0 Å². The van der Waals surface area contributed by atoms with Gasteiger partial charge in [-0.05, 0) is 30.5 Å². The minimum Gasteiger partial charge on any atom is -0.351 e. The number of rotatable bonds is 5. The number of amides is 1. The summed E-state index contributed by atoms with van der Waals surface area (Å²) in [6, 6.07) is 5.46. The van der Waals surface area contributed by atoms with Crippen LogP contribution in [0.25, 0.3) is 0 Å². The number of halogens is 3. The van der Waals surface area contributed by atoms with E-state index in [0.717, 1.165) is 19.3 Å². The molecule has 3 rings (SSSR count). The summed E-state index contributed by atoms with van der Waals surface area (Å²) in [5.74, 6) is -3.38. The van der Waals surface area contributed by atoms with Crippen LogP contribution < -0.4 is 10.6 Å². The van der Waals surface area contributed by atoms with Gasteiger partial charge in [-0.25, -0.2) is 17.2 Å². The van der Waals surface area contributed by atoms with Crippen molar-refractivity contribution in [1.29, 1.82) is 0 Å². The first-order valence-electron chi connectivity index (χ1n) is 8.76. The molecule has 2 heterocycles. The highest BCUT2D eigenvalue weighted by molar-refractivity contribution is 7.89. The second-order valence-electron chi connectivity index (χ2n) is 6.82. The van der Waals surface area contributed by atoms with Gasteiger partial charge in [0, 0.05) is 26.1 Å². The molecule has 1 unspecified atom stereocenters. The largest absolute Gasteiger partial charge is 0.351 e. The number of carbonyl (C=O) groups excluding carboxylic acids is 1. The highest BCUT2D eigenvalue weighted by Crippen LogP contribution is 2.25. The van der Waals surface area contributed by atoms with Gasteiger partial charge in [0.05, 0.1) is 17.5 Å². The maximum Gasteiger partial charge on any atom is 0.262 e. The van der Waals surface area contributed by atoms with Gasteiger partial charge in [0.1, 0.15) is 0 Å². The van der Waals surface area contributed by atoms with Crippen molar-refractivity contribution in [2.45, 2.75) is 49.1 Å². The van der Waals surface area contributed by atoms with Crippen LogP contribution in [-0.4, -0.2) is 50.2 Å². The fourth-order valence-electron chi connectivity index (χ4n) is 3.28. The maximum atomic E-state index is 13.2. The van der Waals surface area contributed by atoms with Crippen LogP contribution in [0.4, 0.5) is 8.78 Å². The topological polar surface area (TPSA) is 78.5 Å². The van der Waals surface area contributed by atoms with E-state index < -0.39 is 40.9 Å². The molecule has 1 aromatic carbocycles. The van der Waals surface area contributed by atoms with Crippen LogP contribution in [0.2, 0.25) is 0 Å². The third kappa shape index (κ3) is 5.37. The molecule has 1 amide bonds. The summed E-state index contributed by atoms with van der Waals surface area (Å²) < 4.78 is 53.2. The summed E-state index contributed by atoms with van der Waals surface area (Å²) in [4.78, 5) is 12.2. The second-order valence-corrected chi connectivity index (χ2v) is 8.76. The fraction of sp³-hybridized carbons (Fsp3) is 0.588. The molecule has 2 N–H and O–H groups in total. The molecule has 2 aliphatic rings. The zero-order valence-corrected chi connectivity index (χ0v) is 16.4. The molecular weight excluding hydrogens is 400 g/mol. The maximum absolute atomic E-state index is 13.2. The molecule has 0 aliphatic carbocycles. The van der Waals surface area contributed by atoms with E-state index in [4.69, 9.17) is 0 Å². The Balaban J connectivity index is 0.00000261. The molecule has 0 aromatic heterocycles. The van der Waals surface area contributed by atoms with Gasteiger partial charge in [-0.2, -0.15) is 4.31 Å². The van der Waals surface area contributed by atoms with Crippen molar-refractivity contribution in [1.82, 2.24) is 14.9 Å². The Hall–Kier alpha value is -1.29. The highest BCUT2D eigenvalue weighted by Gasteiger charge is 2.42. The molecule has 2 fully saturated rings. The van der Waals surface area contributed by atoms with Crippen molar-refractivity contribution in [3.8, 4) is 0 Å². The van der Waals surface area contributed by atoms with Gasteiger partial charge in [0.15, 0.2) is 0 Å². The Morgan fingerprint density at radius 1 is 1.26 bits per heavy atom. The first-order valence-corrected chi connectivity index (χ1v) is 10.2. The zero-order chi connectivity index (χ0) is 18.8. The lowest BCUT2D eigenvalue weighted by atomic mass is 10.1. The van der Waals surface area contributed by atoms with E-state index in [1.165, 1.54) is 16.4 Å². The number of piperidine rings is 1.